The zero-order chi connectivity index (χ0) is 9.14. The molecule has 12 heavy (non-hydrogen) atoms. The minimum absolute atomic E-state index is 0.145. The van der Waals surface area contributed by atoms with Crippen molar-refractivity contribution in [3.8, 4) is 0 Å². The Labute approximate surface area is 74.1 Å². The fraction of sp³-hybridized carbons (Fsp3) is 0.667. The number of carbonyl (C=O) groups excluding carboxylic acids is 2. The summed E-state index contributed by atoms with van der Waals surface area (Å²) in [6.45, 7) is 1.41. The third kappa shape index (κ3) is 1.70. The number of nitrogens with one attached hydrogen (secondary N) is 1. The van der Waals surface area contributed by atoms with Crippen LogP contribution in [0.25, 0.3) is 0 Å². The third-order valence-corrected chi connectivity index (χ3v) is 2.71. The number of hydroxylamine groups is 1. The van der Waals surface area contributed by atoms with Crippen LogP contribution in [0.15, 0.2) is 0 Å². The van der Waals surface area contributed by atoms with E-state index in [0.29, 0.717) is 11.6 Å². The molecule has 0 radical (unpaired) electrons. The highest BCUT2D eigenvalue weighted by Gasteiger charge is 2.32. The van der Waals surface area contributed by atoms with Gasteiger partial charge in [0, 0.05) is 12.7 Å². The van der Waals surface area contributed by atoms with Crippen LogP contribution in [0.5, 0.6) is 0 Å². The Morgan fingerprint density at radius 2 is 2.33 bits per heavy atom. The van der Waals surface area contributed by atoms with E-state index in [1.165, 1.54) is 23.6 Å². The lowest BCUT2D eigenvalue weighted by molar-refractivity contribution is -0.140. The van der Waals surface area contributed by atoms with E-state index < -0.39 is 11.9 Å². The zero-order valence-electron chi connectivity index (χ0n) is 6.61. The molecule has 0 aromatic carbocycles. The van der Waals surface area contributed by atoms with Crippen molar-refractivity contribution >= 4 is 23.6 Å². The van der Waals surface area contributed by atoms with Crippen LogP contribution in [0.3, 0.4) is 0 Å². The van der Waals surface area contributed by atoms with Crippen molar-refractivity contribution in [3.63, 3.8) is 0 Å². The van der Waals surface area contributed by atoms with Crippen molar-refractivity contribution in [2.24, 2.45) is 0 Å². The summed E-state index contributed by atoms with van der Waals surface area (Å²) in [6, 6.07) is -0.516. The minimum Gasteiger partial charge on any atom is -0.321 e. The maximum absolute atomic E-state index is 11.0. The fourth-order valence-corrected chi connectivity index (χ4v) is 2.26. The lowest BCUT2D eigenvalue weighted by Crippen LogP contribution is -2.45. The van der Waals surface area contributed by atoms with Crippen LogP contribution in [-0.2, 0) is 9.59 Å². The van der Waals surface area contributed by atoms with E-state index in [2.05, 4.69) is 0 Å². The highest BCUT2D eigenvalue weighted by molar-refractivity contribution is 7.99. The predicted octanol–water partition coefficient (Wildman–Crippen LogP) is -0.587. The molecule has 0 bridgehead atoms. The quantitative estimate of drug-likeness (QED) is 0.428. The SMILES string of the molecule is CC(=O)N1CSCC1C(=O)NO. The molecule has 1 aliphatic rings. The summed E-state index contributed by atoms with van der Waals surface area (Å²) in [4.78, 5) is 23.3. The maximum Gasteiger partial charge on any atom is 0.267 e. The summed E-state index contributed by atoms with van der Waals surface area (Å²) >= 11 is 1.50. The molecule has 1 heterocycles. The van der Waals surface area contributed by atoms with Crippen LogP contribution < -0.4 is 5.48 Å². The van der Waals surface area contributed by atoms with E-state index >= 15 is 0 Å². The molecule has 0 aliphatic carbocycles. The smallest absolute Gasteiger partial charge is 0.267 e. The summed E-state index contributed by atoms with van der Waals surface area (Å²) in [5.41, 5.74) is 1.55. The summed E-state index contributed by atoms with van der Waals surface area (Å²) in [5, 5.41) is 8.35. The van der Waals surface area contributed by atoms with Crippen molar-refractivity contribution in [2.75, 3.05) is 11.6 Å². The average molecular weight is 190 g/mol. The lowest BCUT2D eigenvalue weighted by atomic mass is 10.3. The second kappa shape index (κ2) is 3.77. The van der Waals surface area contributed by atoms with E-state index in [4.69, 9.17) is 5.21 Å². The Morgan fingerprint density at radius 3 is 2.83 bits per heavy atom. The topological polar surface area (TPSA) is 69.6 Å². The van der Waals surface area contributed by atoms with Crippen molar-refractivity contribution in [2.45, 2.75) is 13.0 Å². The van der Waals surface area contributed by atoms with Gasteiger partial charge in [-0.1, -0.05) is 0 Å². The van der Waals surface area contributed by atoms with E-state index in [-0.39, 0.29) is 5.91 Å². The van der Waals surface area contributed by atoms with Gasteiger partial charge < -0.3 is 4.90 Å². The van der Waals surface area contributed by atoms with Crippen molar-refractivity contribution < 1.29 is 14.8 Å². The lowest BCUT2D eigenvalue weighted by Gasteiger charge is -2.19. The van der Waals surface area contributed by atoms with E-state index in [0.717, 1.165) is 0 Å². The first kappa shape index (κ1) is 9.34. The molecule has 2 amide bonds. The van der Waals surface area contributed by atoms with Crippen molar-refractivity contribution in [1.82, 2.24) is 10.4 Å². The van der Waals surface area contributed by atoms with E-state index in [9.17, 15) is 9.59 Å². The highest BCUT2D eigenvalue weighted by Crippen LogP contribution is 2.20. The van der Waals surface area contributed by atoms with Crippen molar-refractivity contribution in [3.05, 3.63) is 0 Å². The van der Waals surface area contributed by atoms with Crippen LogP contribution in [0.4, 0.5) is 0 Å². The zero-order valence-corrected chi connectivity index (χ0v) is 7.43. The van der Waals surface area contributed by atoms with Gasteiger partial charge in [-0.2, -0.15) is 0 Å². The third-order valence-electron chi connectivity index (χ3n) is 1.70. The molecule has 1 fully saturated rings. The van der Waals surface area contributed by atoms with Gasteiger partial charge in [0.1, 0.15) is 6.04 Å². The van der Waals surface area contributed by atoms with Crippen LogP contribution in [-0.4, -0.2) is 39.6 Å². The fourth-order valence-electron chi connectivity index (χ4n) is 1.04. The molecular weight excluding hydrogens is 180 g/mol. The van der Waals surface area contributed by atoms with Gasteiger partial charge in [0.05, 0.1) is 5.88 Å². The second-order valence-electron chi connectivity index (χ2n) is 2.48. The van der Waals surface area contributed by atoms with E-state index in [1.54, 1.807) is 5.48 Å². The summed E-state index contributed by atoms with van der Waals surface area (Å²) in [7, 11) is 0. The molecule has 68 valence electrons. The highest BCUT2D eigenvalue weighted by atomic mass is 32.2. The van der Waals surface area contributed by atoms with Crippen LogP contribution in [0, 0.1) is 0 Å². The van der Waals surface area contributed by atoms with Gasteiger partial charge in [-0.05, 0) is 0 Å². The van der Waals surface area contributed by atoms with Crippen LogP contribution in [0.2, 0.25) is 0 Å². The summed E-state index contributed by atoms with van der Waals surface area (Å²) in [6.07, 6.45) is 0. The molecule has 0 aromatic rings. The van der Waals surface area contributed by atoms with Crippen LogP contribution in [0.1, 0.15) is 6.92 Å². The first-order chi connectivity index (χ1) is 5.66. The molecular formula is C6H10N2O3S. The number of nitrogens with zero attached hydrogens (tertiary/aromatic N) is 1. The normalized spacial score (nSPS) is 22.5. The number of carbonyl (C=O) groups is 2. The van der Waals surface area contributed by atoms with Gasteiger partial charge in [0.15, 0.2) is 0 Å². The van der Waals surface area contributed by atoms with Gasteiger partial charge in [-0.15, -0.1) is 11.8 Å². The number of rotatable bonds is 1. The second-order valence-corrected chi connectivity index (χ2v) is 3.48. The average Bonchev–Trinajstić information content (AvgIpc) is 2.50. The van der Waals surface area contributed by atoms with E-state index in [1.807, 2.05) is 0 Å². The molecule has 1 unspecified atom stereocenters. The molecule has 1 saturated heterocycles. The van der Waals surface area contributed by atoms with Gasteiger partial charge >= 0.3 is 0 Å². The Bertz CT molecular complexity index is 209. The molecule has 0 aromatic heterocycles. The standard InChI is InChI=1S/C6H10N2O3S/c1-4(9)8-3-12-2-5(8)6(10)7-11/h5,11H,2-3H2,1H3,(H,7,10). The molecule has 2 N–H and O–H groups in total. The molecule has 6 heteroatoms. The first-order valence-electron chi connectivity index (χ1n) is 3.45. The predicted molar refractivity (Wildman–Crippen MR) is 43.6 cm³/mol. The molecule has 0 spiro atoms. The van der Waals surface area contributed by atoms with Crippen molar-refractivity contribution in [1.29, 1.82) is 0 Å². The van der Waals surface area contributed by atoms with Gasteiger partial charge in [0.25, 0.3) is 5.91 Å². The largest absolute Gasteiger partial charge is 0.321 e. The molecule has 0 saturated carbocycles. The van der Waals surface area contributed by atoms with Gasteiger partial charge in [-0.25, -0.2) is 5.48 Å². The molecule has 5 nitrogen and oxygen atoms in total. The summed E-state index contributed by atoms with van der Waals surface area (Å²) < 4.78 is 0. The number of hydrogen-bond donors (Lipinski definition) is 2. The van der Waals surface area contributed by atoms with Gasteiger partial charge in [-0.3, -0.25) is 14.8 Å². The Hall–Kier alpha value is -0.750. The first-order valence-corrected chi connectivity index (χ1v) is 4.61. The molecule has 1 rings (SSSR count). The monoisotopic (exact) mass is 190 g/mol. The Kier molecular flexibility index (Phi) is 2.93. The molecule has 1 atom stereocenters. The molecule has 1 aliphatic heterocycles. The Morgan fingerprint density at radius 1 is 1.67 bits per heavy atom. The maximum atomic E-state index is 11.0. The Balaban J connectivity index is 2.63. The number of thioether (sulfide) groups is 1. The number of hydrogen-bond acceptors (Lipinski definition) is 4. The summed E-state index contributed by atoms with van der Waals surface area (Å²) in [5.74, 6) is 0.406. The van der Waals surface area contributed by atoms with Crippen LogP contribution >= 0.6 is 11.8 Å². The number of amides is 2. The minimum atomic E-state index is -0.518. The van der Waals surface area contributed by atoms with Gasteiger partial charge in [0.2, 0.25) is 5.91 Å².